The fourth-order valence-corrected chi connectivity index (χ4v) is 3.21. The third-order valence-corrected chi connectivity index (χ3v) is 4.36. The van der Waals surface area contributed by atoms with E-state index < -0.39 is 26.5 Å². The standard InChI is InChI=1S/C12H17FN2O4S/c1-4-5-9(3)14-20(18,19)10-6-8(2)12(13)11(7-10)15(16)17/h6-7,9,14H,4-5H2,1-3H3. The highest BCUT2D eigenvalue weighted by atomic mass is 32.2. The van der Waals surface area contributed by atoms with Crippen LogP contribution in [0.25, 0.3) is 0 Å². The second kappa shape index (κ2) is 6.27. The zero-order chi connectivity index (χ0) is 15.5. The van der Waals surface area contributed by atoms with Crippen LogP contribution in [0.2, 0.25) is 0 Å². The molecule has 1 rings (SSSR count). The van der Waals surface area contributed by atoms with Crippen molar-refractivity contribution in [2.45, 2.75) is 44.6 Å². The molecule has 6 nitrogen and oxygen atoms in total. The molecule has 112 valence electrons. The molecule has 0 fully saturated rings. The van der Waals surface area contributed by atoms with Crippen LogP contribution in [0.5, 0.6) is 0 Å². The first kappa shape index (κ1) is 16.5. The molecule has 1 aromatic carbocycles. The minimum absolute atomic E-state index is 0.0808. The highest BCUT2D eigenvalue weighted by Crippen LogP contribution is 2.25. The number of rotatable bonds is 6. The smallest absolute Gasteiger partial charge is 0.258 e. The maximum absolute atomic E-state index is 13.5. The number of hydrogen-bond donors (Lipinski definition) is 1. The second-order valence-corrected chi connectivity index (χ2v) is 6.36. The number of nitro benzene ring substituents is 1. The van der Waals surface area contributed by atoms with Crippen LogP contribution < -0.4 is 4.72 Å². The van der Waals surface area contributed by atoms with E-state index in [0.29, 0.717) is 6.42 Å². The van der Waals surface area contributed by atoms with Crippen molar-refractivity contribution in [1.82, 2.24) is 4.72 Å². The zero-order valence-corrected chi connectivity index (χ0v) is 12.3. The molecule has 1 atom stereocenters. The largest absolute Gasteiger partial charge is 0.306 e. The number of hydrogen-bond acceptors (Lipinski definition) is 4. The Morgan fingerprint density at radius 3 is 2.55 bits per heavy atom. The number of nitrogens with zero attached hydrogens (tertiary/aromatic N) is 1. The van der Waals surface area contributed by atoms with Crippen LogP contribution in [0, 0.1) is 22.9 Å². The van der Waals surface area contributed by atoms with Crippen molar-refractivity contribution < 1.29 is 17.7 Å². The highest BCUT2D eigenvalue weighted by molar-refractivity contribution is 7.89. The van der Waals surface area contributed by atoms with Gasteiger partial charge in [0.05, 0.1) is 9.82 Å². The third kappa shape index (κ3) is 3.73. The first-order valence-corrected chi connectivity index (χ1v) is 7.64. The van der Waals surface area contributed by atoms with Crippen LogP contribution in [0.3, 0.4) is 0 Å². The van der Waals surface area contributed by atoms with Crippen LogP contribution in [0.15, 0.2) is 17.0 Å². The van der Waals surface area contributed by atoms with Gasteiger partial charge < -0.3 is 0 Å². The van der Waals surface area contributed by atoms with Crippen molar-refractivity contribution in [1.29, 1.82) is 0 Å². The lowest BCUT2D eigenvalue weighted by Gasteiger charge is -2.13. The Balaban J connectivity index is 3.22. The first-order chi connectivity index (χ1) is 9.19. The van der Waals surface area contributed by atoms with Gasteiger partial charge in [-0.1, -0.05) is 13.3 Å². The Morgan fingerprint density at radius 2 is 2.05 bits per heavy atom. The lowest BCUT2D eigenvalue weighted by Crippen LogP contribution is -2.32. The molecule has 0 aliphatic rings. The summed E-state index contributed by atoms with van der Waals surface area (Å²) in [5.41, 5.74) is -0.920. The average Bonchev–Trinajstić information content (AvgIpc) is 2.31. The molecule has 20 heavy (non-hydrogen) atoms. The van der Waals surface area contributed by atoms with E-state index in [2.05, 4.69) is 4.72 Å². The van der Waals surface area contributed by atoms with E-state index in [4.69, 9.17) is 0 Å². The molecule has 0 saturated heterocycles. The lowest BCUT2D eigenvalue weighted by molar-refractivity contribution is -0.387. The summed E-state index contributed by atoms with van der Waals surface area (Å²) in [5, 5.41) is 10.7. The van der Waals surface area contributed by atoms with Crippen LogP contribution >= 0.6 is 0 Å². The molecule has 1 N–H and O–H groups in total. The van der Waals surface area contributed by atoms with Crippen LogP contribution in [0.1, 0.15) is 32.3 Å². The van der Waals surface area contributed by atoms with Crippen LogP contribution in [-0.4, -0.2) is 19.4 Å². The predicted octanol–water partition coefficient (Wildman–Crippen LogP) is 2.51. The number of benzene rings is 1. The summed E-state index contributed by atoms with van der Waals surface area (Å²) in [7, 11) is -3.90. The molecule has 0 amide bonds. The van der Waals surface area contributed by atoms with Crippen molar-refractivity contribution in [3.8, 4) is 0 Å². The molecule has 8 heteroatoms. The van der Waals surface area contributed by atoms with Gasteiger partial charge in [-0.15, -0.1) is 0 Å². The maximum Gasteiger partial charge on any atom is 0.306 e. The Labute approximate surface area is 117 Å². The monoisotopic (exact) mass is 304 g/mol. The summed E-state index contributed by atoms with van der Waals surface area (Å²) in [6.45, 7) is 4.90. The van der Waals surface area contributed by atoms with E-state index in [-0.39, 0.29) is 16.5 Å². The van der Waals surface area contributed by atoms with E-state index in [1.165, 1.54) is 6.92 Å². The van der Waals surface area contributed by atoms with Gasteiger partial charge in [0.15, 0.2) is 0 Å². The van der Waals surface area contributed by atoms with Gasteiger partial charge in [0.25, 0.3) is 0 Å². The summed E-state index contributed by atoms with van der Waals surface area (Å²) >= 11 is 0. The van der Waals surface area contributed by atoms with Gasteiger partial charge in [-0.3, -0.25) is 10.1 Å². The lowest BCUT2D eigenvalue weighted by atomic mass is 10.2. The van der Waals surface area contributed by atoms with Gasteiger partial charge in [0.1, 0.15) is 0 Å². The van der Waals surface area contributed by atoms with Crippen molar-refractivity contribution in [2.75, 3.05) is 0 Å². The van der Waals surface area contributed by atoms with Crippen molar-refractivity contribution >= 4 is 15.7 Å². The van der Waals surface area contributed by atoms with Crippen molar-refractivity contribution in [3.63, 3.8) is 0 Å². The summed E-state index contributed by atoms with van der Waals surface area (Å²) in [4.78, 5) is 9.49. The molecule has 0 saturated carbocycles. The molecule has 1 unspecified atom stereocenters. The van der Waals surface area contributed by atoms with E-state index in [0.717, 1.165) is 18.6 Å². The molecule has 0 aliphatic heterocycles. The molecular formula is C12H17FN2O4S. The predicted molar refractivity (Wildman–Crippen MR) is 72.5 cm³/mol. The van der Waals surface area contributed by atoms with Crippen molar-refractivity contribution in [2.24, 2.45) is 0 Å². The van der Waals surface area contributed by atoms with Gasteiger partial charge in [-0.25, -0.2) is 13.1 Å². The zero-order valence-electron chi connectivity index (χ0n) is 11.5. The van der Waals surface area contributed by atoms with Gasteiger partial charge in [0.2, 0.25) is 15.8 Å². The van der Waals surface area contributed by atoms with Crippen LogP contribution in [-0.2, 0) is 10.0 Å². The summed E-state index contributed by atoms with van der Waals surface area (Å²) in [6.07, 6.45) is 1.44. The minimum Gasteiger partial charge on any atom is -0.258 e. The second-order valence-electron chi connectivity index (χ2n) is 4.64. The Bertz CT molecular complexity index is 616. The van der Waals surface area contributed by atoms with Gasteiger partial charge >= 0.3 is 5.69 Å². The van der Waals surface area contributed by atoms with Gasteiger partial charge in [-0.2, -0.15) is 4.39 Å². The summed E-state index contributed by atoms with van der Waals surface area (Å²) in [6, 6.07) is 1.53. The molecule has 0 radical (unpaired) electrons. The highest BCUT2D eigenvalue weighted by Gasteiger charge is 2.24. The molecule has 0 bridgehead atoms. The fourth-order valence-electron chi connectivity index (χ4n) is 1.83. The van der Waals surface area contributed by atoms with E-state index >= 15 is 0 Å². The number of nitrogens with one attached hydrogen (secondary N) is 1. The van der Waals surface area contributed by atoms with E-state index in [1.54, 1.807) is 6.92 Å². The van der Waals surface area contributed by atoms with Gasteiger partial charge in [0, 0.05) is 12.1 Å². The van der Waals surface area contributed by atoms with Crippen molar-refractivity contribution in [3.05, 3.63) is 33.6 Å². The van der Waals surface area contributed by atoms with Crippen LogP contribution in [0.4, 0.5) is 10.1 Å². The van der Waals surface area contributed by atoms with E-state index in [1.807, 2.05) is 6.92 Å². The Morgan fingerprint density at radius 1 is 1.45 bits per heavy atom. The van der Waals surface area contributed by atoms with Gasteiger partial charge in [-0.05, 0) is 31.9 Å². The third-order valence-electron chi connectivity index (χ3n) is 2.79. The Kier molecular flexibility index (Phi) is 5.18. The fraction of sp³-hybridized carbons (Fsp3) is 0.500. The molecule has 0 heterocycles. The normalized spacial score (nSPS) is 13.2. The number of nitro groups is 1. The molecule has 0 aromatic heterocycles. The maximum atomic E-state index is 13.5. The molecule has 0 spiro atoms. The summed E-state index contributed by atoms with van der Waals surface area (Å²) < 4.78 is 40.2. The first-order valence-electron chi connectivity index (χ1n) is 6.16. The molecular weight excluding hydrogens is 287 g/mol. The Hall–Kier alpha value is -1.54. The molecule has 0 aliphatic carbocycles. The average molecular weight is 304 g/mol. The quantitative estimate of drug-likeness (QED) is 0.646. The number of aryl methyl sites for hydroxylation is 1. The number of sulfonamides is 1. The topological polar surface area (TPSA) is 89.3 Å². The summed E-state index contributed by atoms with van der Waals surface area (Å²) in [5.74, 6) is -1.02. The number of halogens is 1. The van der Waals surface area contributed by atoms with E-state index in [9.17, 15) is 22.9 Å². The molecule has 1 aromatic rings. The SMILES string of the molecule is CCCC(C)NS(=O)(=O)c1cc(C)c(F)c([N+](=O)[O-])c1. The minimum atomic E-state index is -3.90.